The Bertz CT molecular complexity index is 573. The molecule has 0 spiro atoms. The van der Waals surface area contributed by atoms with Gasteiger partial charge < -0.3 is 14.7 Å². The molecule has 21 heavy (non-hydrogen) atoms. The van der Waals surface area contributed by atoms with Crippen LogP contribution in [0.2, 0.25) is 0 Å². The fourth-order valence-electron chi connectivity index (χ4n) is 2.69. The zero-order valence-electron chi connectivity index (χ0n) is 12.2. The average molecular weight is 295 g/mol. The molecule has 0 aliphatic carbocycles. The predicted octanol–water partition coefficient (Wildman–Crippen LogP) is 1.90. The molecule has 1 aromatic rings. The minimum absolute atomic E-state index is 0.212. The summed E-state index contributed by atoms with van der Waals surface area (Å²) < 4.78 is 18.7. The molecule has 0 bridgehead atoms. The van der Waals surface area contributed by atoms with Gasteiger partial charge in [0.25, 0.3) is 0 Å². The molecule has 1 saturated heterocycles. The highest BCUT2D eigenvalue weighted by atomic mass is 19.1. The van der Waals surface area contributed by atoms with Gasteiger partial charge in [-0.1, -0.05) is 6.07 Å². The first kappa shape index (κ1) is 15.4. The van der Waals surface area contributed by atoms with Crippen LogP contribution >= 0.6 is 0 Å². The molecule has 1 heterocycles. The number of morpholine rings is 1. The molecule has 1 fully saturated rings. The number of aryl methyl sites for hydroxylation is 1. The van der Waals surface area contributed by atoms with Gasteiger partial charge in [-0.2, -0.15) is 0 Å². The number of rotatable bonds is 3. The molecule has 1 aliphatic rings. The molecule has 2 unspecified atom stereocenters. The van der Waals surface area contributed by atoms with Gasteiger partial charge in [0, 0.05) is 6.04 Å². The van der Waals surface area contributed by atoms with Crippen molar-refractivity contribution in [3.05, 3.63) is 35.1 Å². The number of benzene rings is 1. The van der Waals surface area contributed by atoms with Crippen molar-refractivity contribution >= 4 is 11.9 Å². The molecule has 0 aromatic heterocycles. The van der Waals surface area contributed by atoms with Crippen LogP contribution < -0.4 is 0 Å². The maximum absolute atomic E-state index is 13.6. The standard InChI is InChI=1S/C15H18FNO4/c1-8(2)17-12(18)7-21-14(15(19)20)13(17)11-6-10(16)5-4-9(11)3/h4-6,8,13-14H,7H2,1-3H3,(H,19,20). The van der Waals surface area contributed by atoms with E-state index in [1.54, 1.807) is 26.8 Å². The fraction of sp³-hybridized carbons (Fsp3) is 0.467. The summed E-state index contributed by atoms with van der Waals surface area (Å²) in [7, 11) is 0. The van der Waals surface area contributed by atoms with Crippen LogP contribution in [0.4, 0.5) is 4.39 Å². The first-order valence-corrected chi connectivity index (χ1v) is 6.74. The fourth-order valence-corrected chi connectivity index (χ4v) is 2.69. The predicted molar refractivity (Wildman–Crippen MR) is 73.2 cm³/mol. The third-order valence-corrected chi connectivity index (χ3v) is 3.62. The zero-order chi connectivity index (χ0) is 15.7. The summed E-state index contributed by atoms with van der Waals surface area (Å²) in [6, 6.07) is 3.10. The van der Waals surface area contributed by atoms with Gasteiger partial charge in [0.1, 0.15) is 12.4 Å². The topological polar surface area (TPSA) is 66.8 Å². The molecule has 1 aromatic carbocycles. The van der Waals surface area contributed by atoms with E-state index in [0.717, 1.165) is 5.56 Å². The summed E-state index contributed by atoms with van der Waals surface area (Å²) in [4.78, 5) is 25.0. The molecule has 5 nitrogen and oxygen atoms in total. The van der Waals surface area contributed by atoms with Crippen molar-refractivity contribution in [2.75, 3.05) is 6.61 Å². The van der Waals surface area contributed by atoms with Crippen molar-refractivity contribution in [3.63, 3.8) is 0 Å². The highest BCUT2D eigenvalue weighted by Crippen LogP contribution is 2.34. The lowest BCUT2D eigenvalue weighted by Gasteiger charge is -2.42. The van der Waals surface area contributed by atoms with E-state index in [2.05, 4.69) is 0 Å². The Morgan fingerprint density at radius 3 is 2.71 bits per heavy atom. The maximum atomic E-state index is 13.6. The number of hydrogen-bond donors (Lipinski definition) is 1. The Morgan fingerprint density at radius 2 is 2.14 bits per heavy atom. The number of halogens is 1. The SMILES string of the molecule is Cc1ccc(F)cc1C1C(C(=O)O)OCC(=O)N1C(C)C. The molecule has 6 heteroatoms. The number of carboxylic acids is 1. The second-order valence-electron chi connectivity index (χ2n) is 5.41. The molecule has 114 valence electrons. The van der Waals surface area contributed by atoms with E-state index < -0.39 is 23.9 Å². The van der Waals surface area contributed by atoms with E-state index in [1.807, 2.05) is 0 Å². The zero-order valence-corrected chi connectivity index (χ0v) is 12.2. The molecule has 1 N–H and O–H groups in total. The third-order valence-electron chi connectivity index (χ3n) is 3.62. The van der Waals surface area contributed by atoms with E-state index in [9.17, 15) is 19.1 Å². The van der Waals surface area contributed by atoms with Gasteiger partial charge in [-0.05, 0) is 44.0 Å². The lowest BCUT2D eigenvalue weighted by atomic mass is 9.93. The third kappa shape index (κ3) is 2.90. The molecular formula is C15H18FNO4. The maximum Gasteiger partial charge on any atom is 0.335 e. The highest BCUT2D eigenvalue weighted by Gasteiger charge is 2.43. The first-order chi connectivity index (χ1) is 9.82. The van der Waals surface area contributed by atoms with E-state index in [-0.39, 0.29) is 18.6 Å². The van der Waals surface area contributed by atoms with Gasteiger partial charge in [0.2, 0.25) is 5.91 Å². The minimum atomic E-state index is -1.20. The molecule has 2 rings (SSSR count). The van der Waals surface area contributed by atoms with E-state index in [0.29, 0.717) is 5.56 Å². The minimum Gasteiger partial charge on any atom is -0.479 e. The molecule has 1 aliphatic heterocycles. The second-order valence-corrected chi connectivity index (χ2v) is 5.41. The summed E-state index contributed by atoms with van der Waals surface area (Å²) in [5.74, 6) is -1.93. The number of ether oxygens (including phenoxy) is 1. The van der Waals surface area contributed by atoms with E-state index >= 15 is 0 Å². The Hall–Kier alpha value is -1.95. The van der Waals surface area contributed by atoms with Crippen LogP contribution in [0.3, 0.4) is 0 Å². The van der Waals surface area contributed by atoms with Crippen molar-refractivity contribution < 1.29 is 23.8 Å². The van der Waals surface area contributed by atoms with Crippen LogP contribution in [-0.4, -0.2) is 40.6 Å². The van der Waals surface area contributed by atoms with Crippen LogP contribution in [0.15, 0.2) is 18.2 Å². The smallest absolute Gasteiger partial charge is 0.335 e. The van der Waals surface area contributed by atoms with Gasteiger partial charge in [0.15, 0.2) is 6.10 Å². The molecule has 1 amide bonds. The number of hydrogen-bond acceptors (Lipinski definition) is 3. The van der Waals surface area contributed by atoms with E-state index in [1.165, 1.54) is 17.0 Å². The average Bonchev–Trinajstić information content (AvgIpc) is 2.40. The summed E-state index contributed by atoms with van der Waals surface area (Å²) in [6.07, 6.45) is -1.20. The molecule has 0 saturated carbocycles. The molecular weight excluding hydrogens is 277 g/mol. The van der Waals surface area contributed by atoms with Crippen molar-refractivity contribution in [1.82, 2.24) is 4.90 Å². The summed E-state index contributed by atoms with van der Waals surface area (Å²) in [6.45, 7) is 5.07. The summed E-state index contributed by atoms with van der Waals surface area (Å²) >= 11 is 0. The van der Waals surface area contributed by atoms with Gasteiger partial charge in [-0.15, -0.1) is 0 Å². The number of aliphatic carboxylic acids is 1. The number of carboxylic acid groups (broad SMARTS) is 1. The van der Waals surface area contributed by atoms with Crippen molar-refractivity contribution in [1.29, 1.82) is 0 Å². The van der Waals surface area contributed by atoms with Gasteiger partial charge in [-0.25, -0.2) is 9.18 Å². The normalized spacial score (nSPS) is 22.7. The Kier molecular flexibility index (Phi) is 4.27. The molecule has 2 atom stereocenters. The first-order valence-electron chi connectivity index (χ1n) is 6.74. The van der Waals surface area contributed by atoms with Gasteiger partial charge in [-0.3, -0.25) is 4.79 Å². The van der Waals surface area contributed by atoms with Crippen molar-refractivity contribution in [2.45, 2.75) is 39.0 Å². The second kappa shape index (κ2) is 5.81. The van der Waals surface area contributed by atoms with Crippen LogP contribution in [-0.2, 0) is 14.3 Å². The van der Waals surface area contributed by atoms with Gasteiger partial charge in [0.05, 0.1) is 6.04 Å². The van der Waals surface area contributed by atoms with Crippen LogP contribution in [0, 0.1) is 12.7 Å². The van der Waals surface area contributed by atoms with Crippen LogP contribution in [0.25, 0.3) is 0 Å². The lowest BCUT2D eigenvalue weighted by Crippen LogP contribution is -2.54. The highest BCUT2D eigenvalue weighted by molar-refractivity contribution is 5.83. The monoisotopic (exact) mass is 295 g/mol. The number of carbonyl (C=O) groups excluding carboxylic acids is 1. The van der Waals surface area contributed by atoms with Crippen LogP contribution in [0.5, 0.6) is 0 Å². The Morgan fingerprint density at radius 1 is 1.48 bits per heavy atom. The molecule has 0 radical (unpaired) electrons. The number of amides is 1. The van der Waals surface area contributed by atoms with Crippen molar-refractivity contribution in [2.24, 2.45) is 0 Å². The Labute approximate surface area is 122 Å². The van der Waals surface area contributed by atoms with Crippen LogP contribution in [0.1, 0.15) is 31.0 Å². The quantitative estimate of drug-likeness (QED) is 0.925. The van der Waals surface area contributed by atoms with Gasteiger partial charge >= 0.3 is 5.97 Å². The van der Waals surface area contributed by atoms with Crippen molar-refractivity contribution in [3.8, 4) is 0 Å². The van der Waals surface area contributed by atoms with E-state index in [4.69, 9.17) is 4.74 Å². The Balaban J connectivity index is 2.56. The lowest BCUT2D eigenvalue weighted by molar-refractivity contribution is -0.175. The number of carbonyl (C=O) groups is 2. The summed E-state index contributed by atoms with van der Waals surface area (Å²) in [5.41, 5.74) is 1.18. The summed E-state index contributed by atoms with van der Waals surface area (Å²) in [5, 5.41) is 9.36. The largest absolute Gasteiger partial charge is 0.479 e. The number of nitrogens with zero attached hydrogens (tertiary/aromatic N) is 1.